The van der Waals surface area contributed by atoms with Gasteiger partial charge in [0.25, 0.3) is 0 Å². The van der Waals surface area contributed by atoms with E-state index in [1.54, 1.807) is 4.90 Å². The fourth-order valence-corrected chi connectivity index (χ4v) is 3.39. The molecule has 4 nitrogen and oxygen atoms in total. The van der Waals surface area contributed by atoms with Crippen molar-refractivity contribution in [3.63, 3.8) is 0 Å². The lowest BCUT2D eigenvalue weighted by molar-refractivity contribution is -0.139. The Morgan fingerprint density at radius 1 is 1.19 bits per heavy atom. The number of carbonyl (C=O) groups excluding carboxylic acids is 2. The van der Waals surface area contributed by atoms with Crippen LogP contribution in [0.3, 0.4) is 0 Å². The number of piperidine rings is 1. The second-order valence-electron chi connectivity index (χ2n) is 6.12. The van der Waals surface area contributed by atoms with Gasteiger partial charge in [-0.05, 0) is 38.3 Å². The summed E-state index contributed by atoms with van der Waals surface area (Å²) in [5, 5.41) is 0. The highest BCUT2D eigenvalue weighted by Crippen LogP contribution is 2.28. The lowest BCUT2D eigenvalue weighted by Gasteiger charge is -2.35. The number of benzene rings is 1. The number of amides is 2. The predicted octanol–water partition coefficient (Wildman–Crippen LogP) is 2.44. The Morgan fingerprint density at radius 2 is 1.95 bits per heavy atom. The molecule has 3 rings (SSSR count). The van der Waals surface area contributed by atoms with Crippen molar-refractivity contribution < 1.29 is 9.59 Å². The molecule has 21 heavy (non-hydrogen) atoms. The van der Waals surface area contributed by atoms with Gasteiger partial charge in [-0.3, -0.25) is 9.59 Å². The van der Waals surface area contributed by atoms with E-state index < -0.39 is 0 Å². The summed E-state index contributed by atoms with van der Waals surface area (Å²) < 4.78 is 0. The summed E-state index contributed by atoms with van der Waals surface area (Å²) in [6.45, 7) is 3.48. The molecule has 0 radical (unpaired) electrons. The molecule has 2 fully saturated rings. The van der Waals surface area contributed by atoms with E-state index in [9.17, 15) is 9.59 Å². The van der Waals surface area contributed by atoms with Gasteiger partial charge >= 0.3 is 0 Å². The summed E-state index contributed by atoms with van der Waals surface area (Å²) in [7, 11) is 0. The van der Waals surface area contributed by atoms with E-state index in [1.165, 1.54) is 6.42 Å². The Hall–Kier alpha value is -1.84. The molecule has 1 aromatic rings. The molecule has 2 heterocycles. The van der Waals surface area contributed by atoms with Crippen LogP contribution in [-0.4, -0.2) is 35.8 Å². The van der Waals surface area contributed by atoms with Gasteiger partial charge in [-0.2, -0.15) is 0 Å². The lowest BCUT2D eigenvalue weighted by atomic mass is 9.99. The van der Waals surface area contributed by atoms with Crippen LogP contribution >= 0.6 is 0 Å². The molecule has 0 bridgehead atoms. The van der Waals surface area contributed by atoms with E-state index in [2.05, 4.69) is 6.92 Å². The third-order valence-corrected chi connectivity index (χ3v) is 4.63. The van der Waals surface area contributed by atoms with Crippen LogP contribution in [0.4, 0.5) is 5.69 Å². The monoisotopic (exact) mass is 286 g/mol. The molecule has 4 heteroatoms. The molecule has 2 aliphatic heterocycles. The Kier molecular flexibility index (Phi) is 3.95. The molecular weight excluding hydrogens is 264 g/mol. The number of para-hydroxylation sites is 1. The molecule has 2 unspecified atom stereocenters. The Labute approximate surface area is 125 Å². The summed E-state index contributed by atoms with van der Waals surface area (Å²) >= 11 is 0. The molecule has 1 aromatic carbocycles. The molecule has 2 amide bonds. The minimum atomic E-state index is -0.182. The highest BCUT2D eigenvalue weighted by molar-refractivity contribution is 6.00. The minimum Gasteiger partial charge on any atom is -0.340 e. The zero-order valence-electron chi connectivity index (χ0n) is 12.5. The van der Waals surface area contributed by atoms with Gasteiger partial charge in [0, 0.05) is 31.2 Å². The average molecular weight is 286 g/mol. The minimum absolute atomic E-state index is 0.0595. The predicted molar refractivity (Wildman–Crippen MR) is 81.9 cm³/mol. The van der Waals surface area contributed by atoms with Crippen molar-refractivity contribution in [3.8, 4) is 0 Å². The second kappa shape index (κ2) is 5.88. The molecule has 0 aliphatic carbocycles. The Morgan fingerprint density at radius 3 is 2.67 bits per heavy atom. The summed E-state index contributed by atoms with van der Waals surface area (Å²) in [6.07, 6.45) is 3.70. The molecule has 2 atom stereocenters. The van der Waals surface area contributed by atoms with Gasteiger partial charge in [0.05, 0.1) is 5.92 Å². The molecule has 2 saturated heterocycles. The number of carbonyl (C=O) groups is 2. The average Bonchev–Trinajstić information content (AvgIpc) is 2.90. The van der Waals surface area contributed by atoms with E-state index in [1.807, 2.05) is 35.2 Å². The molecule has 2 aliphatic rings. The first-order valence-electron chi connectivity index (χ1n) is 7.82. The largest absolute Gasteiger partial charge is 0.340 e. The second-order valence-corrected chi connectivity index (χ2v) is 6.12. The van der Waals surface area contributed by atoms with E-state index >= 15 is 0 Å². The molecule has 0 N–H and O–H groups in total. The van der Waals surface area contributed by atoms with Crippen molar-refractivity contribution in [2.45, 2.75) is 38.6 Å². The van der Waals surface area contributed by atoms with Gasteiger partial charge in [0.2, 0.25) is 11.8 Å². The number of hydrogen-bond donors (Lipinski definition) is 0. The topological polar surface area (TPSA) is 40.6 Å². The first-order chi connectivity index (χ1) is 10.2. The number of likely N-dealkylation sites (tertiary alicyclic amines) is 1. The maximum Gasteiger partial charge on any atom is 0.228 e. The van der Waals surface area contributed by atoms with Crippen molar-refractivity contribution in [2.24, 2.45) is 5.92 Å². The van der Waals surface area contributed by atoms with E-state index in [0.29, 0.717) is 19.0 Å². The lowest BCUT2D eigenvalue weighted by Crippen LogP contribution is -2.45. The highest BCUT2D eigenvalue weighted by atomic mass is 16.2. The van der Waals surface area contributed by atoms with Crippen LogP contribution in [0.2, 0.25) is 0 Å². The van der Waals surface area contributed by atoms with Gasteiger partial charge in [0.15, 0.2) is 0 Å². The molecular formula is C17H22N2O2. The van der Waals surface area contributed by atoms with Crippen LogP contribution in [0, 0.1) is 5.92 Å². The van der Waals surface area contributed by atoms with Crippen LogP contribution in [0.15, 0.2) is 30.3 Å². The van der Waals surface area contributed by atoms with Crippen LogP contribution in [-0.2, 0) is 9.59 Å². The third-order valence-electron chi connectivity index (χ3n) is 4.63. The third kappa shape index (κ3) is 2.80. The summed E-state index contributed by atoms with van der Waals surface area (Å²) in [6, 6.07) is 9.94. The van der Waals surface area contributed by atoms with Crippen LogP contribution in [0.25, 0.3) is 0 Å². The van der Waals surface area contributed by atoms with Gasteiger partial charge in [-0.1, -0.05) is 18.2 Å². The smallest absolute Gasteiger partial charge is 0.228 e. The standard InChI is InChI=1S/C17H22N2O2/c1-13-7-5-6-10-18(13)17(21)14-11-16(20)19(12-14)15-8-3-2-4-9-15/h2-4,8-9,13-14H,5-7,10-12H2,1H3. The normalized spacial score (nSPS) is 26.2. The van der Waals surface area contributed by atoms with Crippen LogP contribution in [0.1, 0.15) is 32.6 Å². The number of hydrogen-bond acceptors (Lipinski definition) is 2. The van der Waals surface area contributed by atoms with Crippen molar-refractivity contribution >= 4 is 17.5 Å². The van der Waals surface area contributed by atoms with Crippen molar-refractivity contribution in [1.82, 2.24) is 4.90 Å². The molecule has 0 aromatic heterocycles. The number of anilines is 1. The first kappa shape index (κ1) is 14.1. The summed E-state index contributed by atoms with van der Waals surface area (Å²) in [4.78, 5) is 28.6. The van der Waals surface area contributed by atoms with Gasteiger partial charge in [-0.15, -0.1) is 0 Å². The fourth-order valence-electron chi connectivity index (χ4n) is 3.39. The Bertz CT molecular complexity index is 529. The summed E-state index contributed by atoms with van der Waals surface area (Å²) in [5.41, 5.74) is 0.893. The maximum atomic E-state index is 12.7. The van der Waals surface area contributed by atoms with Crippen molar-refractivity contribution in [2.75, 3.05) is 18.0 Å². The van der Waals surface area contributed by atoms with E-state index in [0.717, 1.165) is 25.1 Å². The SMILES string of the molecule is CC1CCCCN1C(=O)C1CC(=O)N(c2ccccc2)C1. The van der Waals surface area contributed by atoms with Crippen LogP contribution < -0.4 is 4.90 Å². The fraction of sp³-hybridized carbons (Fsp3) is 0.529. The quantitative estimate of drug-likeness (QED) is 0.838. The highest BCUT2D eigenvalue weighted by Gasteiger charge is 2.38. The number of rotatable bonds is 2. The van der Waals surface area contributed by atoms with Gasteiger partial charge < -0.3 is 9.80 Å². The Balaban J connectivity index is 1.71. The zero-order valence-corrected chi connectivity index (χ0v) is 12.5. The number of nitrogens with zero attached hydrogens (tertiary/aromatic N) is 2. The molecule has 112 valence electrons. The zero-order chi connectivity index (χ0) is 14.8. The van der Waals surface area contributed by atoms with Crippen molar-refractivity contribution in [3.05, 3.63) is 30.3 Å². The van der Waals surface area contributed by atoms with Crippen LogP contribution in [0.5, 0.6) is 0 Å². The molecule has 0 spiro atoms. The molecule has 0 saturated carbocycles. The van der Waals surface area contributed by atoms with Gasteiger partial charge in [-0.25, -0.2) is 0 Å². The first-order valence-corrected chi connectivity index (χ1v) is 7.82. The van der Waals surface area contributed by atoms with Crippen molar-refractivity contribution in [1.29, 1.82) is 0 Å². The van der Waals surface area contributed by atoms with Gasteiger partial charge in [0.1, 0.15) is 0 Å². The maximum absolute atomic E-state index is 12.7. The van der Waals surface area contributed by atoms with E-state index in [-0.39, 0.29) is 17.7 Å². The summed E-state index contributed by atoms with van der Waals surface area (Å²) in [5.74, 6) is 0.0384. The van der Waals surface area contributed by atoms with E-state index in [4.69, 9.17) is 0 Å².